The Morgan fingerprint density at radius 2 is 1.94 bits per heavy atom. The number of hydrogen-bond acceptors (Lipinski definition) is 2. The van der Waals surface area contributed by atoms with Gasteiger partial charge >= 0.3 is 0 Å². The minimum Gasteiger partial charge on any atom is -0.368 e. The first-order valence-corrected chi connectivity index (χ1v) is 5.19. The van der Waals surface area contributed by atoms with Gasteiger partial charge in [-0.2, -0.15) is 0 Å². The smallest absolute Gasteiger partial charge is 0.255 e. The van der Waals surface area contributed by atoms with Gasteiger partial charge in [-0.05, 0) is 24.3 Å². The van der Waals surface area contributed by atoms with Crippen LogP contribution in [0.2, 0.25) is 0 Å². The van der Waals surface area contributed by atoms with E-state index in [-0.39, 0.29) is 12.4 Å². The Labute approximate surface area is 92.1 Å². The number of nitrogens with zero attached hydrogens (tertiary/aromatic N) is 1. The minimum atomic E-state index is -2.37. The highest BCUT2D eigenvalue weighted by atomic mass is 19.3. The van der Waals surface area contributed by atoms with Gasteiger partial charge in [0.15, 0.2) is 0 Å². The van der Waals surface area contributed by atoms with Crippen molar-refractivity contribution in [3.05, 3.63) is 30.1 Å². The van der Waals surface area contributed by atoms with Crippen LogP contribution >= 0.6 is 0 Å². The van der Waals surface area contributed by atoms with E-state index in [1.807, 2.05) is 4.90 Å². The number of benzene rings is 1. The number of nitrogens with one attached hydrogen (secondary N) is 1. The zero-order valence-corrected chi connectivity index (χ0v) is 8.67. The summed E-state index contributed by atoms with van der Waals surface area (Å²) < 4.78 is 37.8. The maximum atomic E-state index is 12.7. The predicted molar refractivity (Wildman–Crippen MR) is 56.4 cm³/mol. The standard InChI is InChI=1S/C11H13F3N2/c12-8-1-3-9(4-2-8)16-6-5-15-10(7-16)11(13)14/h1-4,10-11,15H,5-7H2/t10-/m1/s1. The topological polar surface area (TPSA) is 15.3 Å². The molecule has 1 fully saturated rings. The van der Waals surface area contributed by atoms with Gasteiger partial charge in [-0.15, -0.1) is 0 Å². The summed E-state index contributed by atoms with van der Waals surface area (Å²) in [6, 6.07) is 5.11. The summed E-state index contributed by atoms with van der Waals surface area (Å²) in [5.74, 6) is -0.315. The molecule has 0 unspecified atom stereocenters. The summed E-state index contributed by atoms with van der Waals surface area (Å²) in [5.41, 5.74) is 0.786. The third-order valence-electron chi connectivity index (χ3n) is 2.70. The van der Waals surface area contributed by atoms with Gasteiger partial charge < -0.3 is 10.2 Å². The van der Waals surface area contributed by atoms with Crippen molar-refractivity contribution in [2.45, 2.75) is 12.5 Å². The van der Waals surface area contributed by atoms with E-state index in [0.29, 0.717) is 13.1 Å². The Hall–Kier alpha value is -1.23. The van der Waals surface area contributed by atoms with Gasteiger partial charge in [0.1, 0.15) is 5.82 Å². The Morgan fingerprint density at radius 1 is 1.25 bits per heavy atom. The summed E-state index contributed by atoms with van der Waals surface area (Å²) in [5, 5.41) is 2.76. The van der Waals surface area contributed by atoms with Crippen LogP contribution in [0, 0.1) is 5.82 Å². The van der Waals surface area contributed by atoms with E-state index in [1.165, 1.54) is 12.1 Å². The van der Waals surface area contributed by atoms with Gasteiger partial charge in [-0.3, -0.25) is 0 Å². The van der Waals surface area contributed by atoms with Crippen molar-refractivity contribution in [2.75, 3.05) is 24.5 Å². The monoisotopic (exact) mass is 230 g/mol. The van der Waals surface area contributed by atoms with Crippen molar-refractivity contribution in [1.29, 1.82) is 0 Å². The Kier molecular flexibility index (Phi) is 3.33. The molecule has 1 aromatic rings. The summed E-state index contributed by atoms with van der Waals surface area (Å²) >= 11 is 0. The lowest BCUT2D eigenvalue weighted by molar-refractivity contribution is 0.0958. The molecule has 0 bridgehead atoms. The van der Waals surface area contributed by atoms with Crippen LogP contribution in [0.5, 0.6) is 0 Å². The molecular weight excluding hydrogens is 217 g/mol. The molecule has 0 spiro atoms. The quantitative estimate of drug-likeness (QED) is 0.834. The number of hydrogen-bond donors (Lipinski definition) is 1. The fourth-order valence-electron chi connectivity index (χ4n) is 1.83. The van der Waals surface area contributed by atoms with E-state index >= 15 is 0 Å². The zero-order chi connectivity index (χ0) is 11.5. The fraction of sp³-hybridized carbons (Fsp3) is 0.455. The molecule has 1 aliphatic heterocycles. The van der Waals surface area contributed by atoms with Crippen LogP contribution in [0.15, 0.2) is 24.3 Å². The summed E-state index contributed by atoms with van der Waals surface area (Å²) in [4.78, 5) is 1.84. The lowest BCUT2D eigenvalue weighted by Crippen LogP contribution is -2.53. The molecule has 1 aromatic carbocycles. The molecule has 0 aliphatic carbocycles. The van der Waals surface area contributed by atoms with Crippen LogP contribution < -0.4 is 10.2 Å². The molecule has 0 saturated carbocycles. The molecule has 1 atom stereocenters. The summed E-state index contributed by atoms with van der Waals surface area (Å²) in [7, 11) is 0. The predicted octanol–water partition coefficient (Wildman–Crippen LogP) is 1.87. The molecule has 2 rings (SSSR count). The van der Waals surface area contributed by atoms with E-state index in [0.717, 1.165) is 5.69 Å². The SMILES string of the molecule is Fc1ccc(N2CCN[C@@H](C(F)F)C2)cc1. The number of rotatable bonds is 2. The van der Waals surface area contributed by atoms with Gasteiger partial charge in [0, 0.05) is 25.3 Å². The molecule has 1 aliphatic rings. The molecule has 1 N–H and O–H groups in total. The van der Waals surface area contributed by atoms with Gasteiger partial charge in [-0.1, -0.05) is 0 Å². The van der Waals surface area contributed by atoms with E-state index in [4.69, 9.17) is 0 Å². The Bertz CT molecular complexity index is 340. The van der Waals surface area contributed by atoms with Crippen LogP contribution in [0.4, 0.5) is 18.9 Å². The summed E-state index contributed by atoms with van der Waals surface area (Å²) in [6.07, 6.45) is -2.37. The van der Waals surface area contributed by atoms with Crippen molar-refractivity contribution in [1.82, 2.24) is 5.32 Å². The van der Waals surface area contributed by atoms with Crippen LogP contribution in [0.1, 0.15) is 0 Å². The number of halogens is 3. The van der Waals surface area contributed by atoms with Crippen LogP contribution in [-0.2, 0) is 0 Å². The molecule has 2 nitrogen and oxygen atoms in total. The molecule has 0 amide bonds. The number of piperazine rings is 1. The van der Waals surface area contributed by atoms with Gasteiger partial charge in [0.2, 0.25) is 0 Å². The molecular formula is C11H13F3N2. The second-order valence-electron chi connectivity index (χ2n) is 3.82. The lowest BCUT2D eigenvalue weighted by atomic mass is 10.2. The summed E-state index contributed by atoms with van der Waals surface area (Å²) in [6.45, 7) is 1.44. The highest BCUT2D eigenvalue weighted by molar-refractivity contribution is 5.47. The van der Waals surface area contributed by atoms with Crippen molar-refractivity contribution in [3.8, 4) is 0 Å². The first kappa shape index (κ1) is 11.3. The highest BCUT2D eigenvalue weighted by Gasteiger charge is 2.26. The second kappa shape index (κ2) is 4.74. The molecule has 0 radical (unpaired) electrons. The van der Waals surface area contributed by atoms with Crippen molar-refractivity contribution < 1.29 is 13.2 Å². The van der Waals surface area contributed by atoms with Crippen LogP contribution in [0.3, 0.4) is 0 Å². The van der Waals surface area contributed by atoms with E-state index in [9.17, 15) is 13.2 Å². The molecule has 0 aromatic heterocycles. The van der Waals surface area contributed by atoms with Crippen molar-refractivity contribution >= 4 is 5.69 Å². The average molecular weight is 230 g/mol. The largest absolute Gasteiger partial charge is 0.368 e. The maximum absolute atomic E-state index is 12.7. The first-order chi connectivity index (χ1) is 7.66. The Morgan fingerprint density at radius 3 is 2.56 bits per heavy atom. The first-order valence-electron chi connectivity index (χ1n) is 5.19. The van der Waals surface area contributed by atoms with Crippen LogP contribution in [-0.4, -0.2) is 32.1 Å². The van der Waals surface area contributed by atoms with E-state index < -0.39 is 12.5 Å². The van der Waals surface area contributed by atoms with E-state index in [2.05, 4.69) is 5.32 Å². The second-order valence-corrected chi connectivity index (χ2v) is 3.82. The average Bonchev–Trinajstić information content (AvgIpc) is 2.30. The molecule has 1 saturated heterocycles. The maximum Gasteiger partial charge on any atom is 0.255 e. The number of alkyl halides is 2. The highest BCUT2D eigenvalue weighted by Crippen LogP contribution is 2.18. The molecule has 88 valence electrons. The minimum absolute atomic E-state index is 0.253. The third-order valence-corrected chi connectivity index (χ3v) is 2.70. The number of anilines is 1. The van der Waals surface area contributed by atoms with E-state index in [1.54, 1.807) is 12.1 Å². The molecule has 5 heteroatoms. The zero-order valence-electron chi connectivity index (χ0n) is 8.67. The van der Waals surface area contributed by atoms with Gasteiger partial charge in [0.25, 0.3) is 6.43 Å². The fourth-order valence-corrected chi connectivity index (χ4v) is 1.83. The normalized spacial score (nSPS) is 21.5. The van der Waals surface area contributed by atoms with Crippen molar-refractivity contribution in [2.24, 2.45) is 0 Å². The molecule has 1 heterocycles. The lowest BCUT2D eigenvalue weighted by Gasteiger charge is -2.34. The molecule has 16 heavy (non-hydrogen) atoms. The van der Waals surface area contributed by atoms with Gasteiger partial charge in [0.05, 0.1) is 6.04 Å². The Balaban J connectivity index is 2.06. The third kappa shape index (κ3) is 2.47. The van der Waals surface area contributed by atoms with Crippen LogP contribution in [0.25, 0.3) is 0 Å². The van der Waals surface area contributed by atoms with Crippen molar-refractivity contribution in [3.63, 3.8) is 0 Å². The van der Waals surface area contributed by atoms with Gasteiger partial charge in [-0.25, -0.2) is 13.2 Å².